The van der Waals surface area contributed by atoms with E-state index in [0.29, 0.717) is 5.75 Å². The van der Waals surface area contributed by atoms with Crippen molar-refractivity contribution >= 4 is 17.5 Å². The molecule has 0 atom stereocenters. The molecule has 72 valence electrons. The van der Waals surface area contributed by atoms with E-state index in [-0.39, 0.29) is 5.78 Å². The van der Waals surface area contributed by atoms with E-state index in [1.54, 1.807) is 11.8 Å². The molecule has 0 aromatic carbocycles. The number of thioether (sulfide) groups is 1. The third-order valence-electron chi connectivity index (χ3n) is 1.81. The summed E-state index contributed by atoms with van der Waals surface area (Å²) in [6.45, 7) is 2.12. The highest BCUT2D eigenvalue weighted by Crippen LogP contribution is 2.08. The van der Waals surface area contributed by atoms with Crippen LogP contribution in [0.2, 0.25) is 0 Å². The normalized spacial score (nSPS) is 10.3. The van der Waals surface area contributed by atoms with Crippen molar-refractivity contribution in [1.29, 1.82) is 0 Å². The second kappa shape index (κ2) is 5.12. The number of nitrogens with zero attached hydrogens (tertiary/aromatic N) is 1. The van der Waals surface area contributed by atoms with Gasteiger partial charge in [-0.15, -0.1) is 0 Å². The van der Waals surface area contributed by atoms with Crippen LogP contribution in [0.4, 0.5) is 0 Å². The average Bonchev–Trinajstić information content (AvgIpc) is 2.52. The van der Waals surface area contributed by atoms with Crippen molar-refractivity contribution in [3.05, 3.63) is 24.0 Å². The molecule has 13 heavy (non-hydrogen) atoms. The maximum Gasteiger partial charge on any atom is 0.189 e. The van der Waals surface area contributed by atoms with E-state index in [2.05, 4.69) is 6.92 Å². The summed E-state index contributed by atoms with van der Waals surface area (Å²) in [5.41, 5.74) is 0.809. The van der Waals surface area contributed by atoms with Crippen LogP contribution in [0.25, 0.3) is 0 Å². The monoisotopic (exact) mass is 197 g/mol. The van der Waals surface area contributed by atoms with Gasteiger partial charge in [0.25, 0.3) is 0 Å². The lowest BCUT2D eigenvalue weighted by atomic mass is 10.3. The van der Waals surface area contributed by atoms with Gasteiger partial charge in [0, 0.05) is 13.2 Å². The number of hydrogen-bond acceptors (Lipinski definition) is 2. The third kappa shape index (κ3) is 2.92. The van der Waals surface area contributed by atoms with Crippen molar-refractivity contribution in [1.82, 2.24) is 4.57 Å². The second-order valence-electron chi connectivity index (χ2n) is 2.98. The summed E-state index contributed by atoms with van der Waals surface area (Å²) in [5, 5.41) is 0. The molecule has 1 heterocycles. The first-order valence-electron chi connectivity index (χ1n) is 4.48. The number of aromatic nitrogens is 1. The first kappa shape index (κ1) is 10.4. The van der Waals surface area contributed by atoms with E-state index in [1.165, 1.54) is 0 Å². The van der Waals surface area contributed by atoms with Crippen LogP contribution < -0.4 is 0 Å². The van der Waals surface area contributed by atoms with Crippen LogP contribution in [0.1, 0.15) is 23.8 Å². The topological polar surface area (TPSA) is 22.0 Å². The Morgan fingerprint density at radius 3 is 2.92 bits per heavy atom. The highest BCUT2D eigenvalue weighted by molar-refractivity contribution is 7.99. The summed E-state index contributed by atoms with van der Waals surface area (Å²) in [4.78, 5) is 11.6. The van der Waals surface area contributed by atoms with E-state index >= 15 is 0 Å². The second-order valence-corrected chi connectivity index (χ2v) is 4.09. The fraction of sp³-hybridized carbons (Fsp3) is 0.500. The van der Waals surface area contributed by atoms with Gasteiger partial charge in [0.2, 0.25) is 0 Å². The molecule has 3 heteroatoms. The van der Waals surface area contributed by atoms with Crippen molar-refractivity contribution in [3.63, 3.8) is 0 Å². The Bertz CT molecular complexity index is 280. The minimum absolute atomic E-state index is 0.228. The lowest BCUT2D eigenvalue weighted by Gasteiger charge is -2.01. The molecule has 0 aliphatic rings. The number of carbonyl (C=O) groups is 1. The summed E-state index contributed by atoms with van der Waals surface area (Å²) in [7, 11) is 1.90. The van der Waals surface area contributed by atoms with Crippen molar-refractivity contribution < 1.29 is 4.79 Å². The smallest absolute Gasteiger partial charge is 0.189 e. The maximum absolute atomic E-state index is 11.6. The number of carbonyl (C=O) groups excluding carboxylic acids is 1. The lowest BCUT2D eigenvalue weighted by Crippen LogP contribution is -2.07. The highest BCUT2D eigenvalue weighted by Gasteiger charge is 2.07. The Morgan fingerprint density at radius 2 is 2.38 bits per heavy atom. The SMILES string of the molecule is CCCSCC(=O)c1cccn1C. The number of hydrogen-bond donors (Lipinski definition) is 0. The van der Waals surface area contributed by atoms with Crippen LogP contribution in [0.5, 0.6) is 0 Å². The Balaban J connectivity index is 2.45. The molecule has 1 rings (SSSR count). The highest BCUT2D eigenvalue weighted by atomic mass is 32.2. The molecule has 1 aromatic heterocycles. The van der Waals surface area contributed by atoms with E-state index in [9.17, 15) is 4.79 Å². The van der Waals surface area contributed by atoms with Crippen LogP contribution in [-0.4, -0.2) is 21.9 Å². The van der Waals surface area contributed by atoms with Crippen LogP contribution in [0.3, 0.4) is 0 Å². The first-order chi connectivity index (χ1) is 6.25. The van der Waals surface area contributed by atoms with Gasteiger partial charge in [-0.05, 0) is 24.3 Å². The Morgan fingerprint density at radius 1 is 1.62 bits per heavy atom. The predicted octanol–water partition coefficient (Wildman–Crippen LogP) is 2.35. The van der Waals surface area contributed by atoms with E-state index in [0.717, 1.165) is 17.9 Å². The molecular weight excluding hydrogens is 182 g/mol. The zero-order chi connectivity index (χ0) is 9.68. The number of rotatable bonds is 5. The molecule has 2 nitrogen and oxygen atoms in total. The van der Waals surface area contributed by atoms with Crippen molar-refractivity contribution in [3.8, 4) is 0 Å². The number of Topliss-reactive ketones (excluding diaryl/α,β-unsaturated/α-hetero) is 1. The van der Waals surface area contributed by atoms with Gasteiger partial charge in [-0.1, -0.05) is 6.92 Å². The molecule has 0 aliphatic heterocycles. The van der Waals surface area contributed by atoms with Crippen molar-refractivity contribution in [2.75, 3.05) is 11.5 Å². The van der Waals surface area contributed by atoms with Gasteiger partial charge in [-0.2, -0.15) is 11.8 Å². The predicted molar refractivity (Wildman–Crippen MR) is 57.4 cm³/mol. The third-order valence-corrected chi connectivity index (χ3v) is 2.97. The Labute approximate surface area is 83.3 Å². The maximum atomic E-state index is 11.6. The summed E-state index contributed by atoms with van der Waals surface area (Å²) in [6.07, 6.45) is 3.03. The van der Waals surface area contributed by atoms with Gasteiger partial charge < -0.3 is 4.57 Å². The quantitative estimate of drug-likeness (QED) is 0.534. The standard InChI is InChI=1S/C10H15NOS/c1-3-7-13-8-10(12)9-5-4-6-11(9)2/h4-6H,3,7-8H2,1-2H3. The van der Waals surface area contributed by atoms with Gasteiger partial charge in [-0.3, -0.25) is 4.79 Å². The summed E-state index contributed by atoms with van der Waals surface area (Å²) < 4.78 is 1.87. The van der Waals surface area contributed by atoms with E-state index in [4.69, 9.17) is 0 Å². The summed E-state index contributed by atoms with van der Waals surface area (Å²) in [5.74, 6) is 1.90. The van der Waals surface area contributed by atoms with Crippen LogP contribution in [-0.2, 0) is 7.05 Å². The fourth-order valence-electron chi connectivity index (χ4n) is 1.13. The van der Waals surface area contributed by atoms with Crippen molar-refractivity contribution in [2.45, 2.75) is 13.3 Å². The summed E-state index contributed by atoms with van der Waals surface area (Å²) in [6, 6.07) is 3.77. The van der Waals surface area contributed by atoms with E-state index in [1.807, 2.05) is 29.9 Å². The molecule has 0 spiro atoms. The molecule has 1 aromatic rings. The lowest BCUT2D eigenvalue weighted by molar-refractivity contribution is 0.101. The van der Waals surface area contributed by atoms with Crippen molar-refractivity contribution in [2.24, 2.45) is 7.05 Å². The average molecular weight is 197 g/mol. The first-order valence-corrected chi connectivity index (χ1v) is 5.63. The minimum atomic E-state index is 0.228. The van der Waals surface area contributed by atoms with Crippen LogP contribution >= 0.6 is 11.8 Å². The Hall–Kier alpha value is -0.700. The van der Waals surface area contributed by atoms with Gasteiger partial charge in [0.05, 0.1) is 11.4 Å². The van der Waals surface area contributed by atoms with Crippen LogP contribution in [0.15, 0.2) is 18.3 Å². The molecule has 0 radical (unpaired) electrons. The Kier molecular flexibility index (Phi) is 4.09. The molecule has 0 bridgehead atoms. The van der Waals surface area contributed by atoms with Crippen LogP contribution in [0, 0.1) is 0 Å². The largest absolute Gasteiger partial charge is 0.348 e. The zero-order valence-electron chi connectivity index (χ0n) is 8.12. The molecule has 0 unspecified atom stereocenters. The minimum Gasteiger partial charge on any atom is -0.348 e. The van der Waals surface area contributed by atoms with Gasteiger partial charge in [0.15, 0.2) is 5.78 Å². The fourth-order valence-corrected chi connectivity index (χ4v) is 1.90. The molecular formula is C10H15NOS. The van der Waals surface area contributed by atoms with Gasteiger partial charge >= 0.3 is 0 Å². The molecule has 0 saturated carbocycles. The molecule has 0 amide bonds. The molecule has 0 aliphatic carbocycles. The molecule has 0 saturated heterocycles. The number of ketones is 1. The van der Waals surface area contributed by atoms with E-state index < -0.39 is 0 Å². The number of aryl methyl sites for hydroxylation is 1. The molecule has 0 fully saturated rings. The van der Waals surface area contributed by atoms with Gasteiger partial charge in [0.1, 0.15) is 0 Å². The van der Waals surface area contributed by atoms with Gasteiger partial charge in [-0.25, -0.2) is 0 Å². The molecule has 0 N–H and O–H groups in total. The zero-order valence-corrected chi connectivity index (χ0v) is 8.93. The summed E-state index contributed by atoms with van der Waals surface area (Å²) >= 11 is 1.71.